The molecule has 0 aliphatic rings. The number of thiophene rings is 1. The molecule has 2 rings (SSSR count). The van der Waals surface area contributed by atoms with Gasteiger partial charge in [0.25, 0.3) is 10.0 Å². The zero-order valence-electron chi connectivity index (χ0n) is 10.5. The van der Waals surface area contributed by atoms with Crippen molar-refractivity contribution in [3.05, 3.63) is 40.2 Å². The van der Waals surface area contributed by atoms with Crippen molar-refractivity contribution in [2.45, 2.75) is 10.8 Å². The summed E-state index contributed by atoms with van der Waals surface area (Å²) in [5, 5.41) is 9.25. The van der Waals surface area contributed by atoms with E-state index in [1.807, 2.05) is 0 Å². The van der Waals surface area contributed by atoms with Crippen molar-refractivity contribution in [3.63, 3.8) is 0 Å². The molecule has 8 heteroatoms. The van der Waals surface area contributed by atoms with Gasteiger partial charge in [-0.05, 0) is 24.3 Å². The van der Waals surface area contributed by atoms with Gasteiger partial charge in [0.2, 0.25) is 0 Å². The Hall–Kier alpha value is -1.28. The van der Waals surface area contributed by atoms with Gasteiger partial charge in [-0.15, -0.1) is 11.3 Å². The van der Waals surface area contributed by atoms with Crippen LogP contribution < -0.4 is 9.46 Å². The molecule has 20 heavy (non-hydrogen) atoms. The van der Waals surface area contributed by atoms with Crippen LogP contribution in [-0.2, 0) is 16.6 Å². The highest BCUT2D eigenvalue weighted by molar-refractivity contribution is 7.94. The molecule has 0 amide bonds. The first kappa shape index (κ1) is 15.1. The largest absolute Gasteiger partial charge is 0.497 e. The molecule has 1 aromatic carbocycles. The fraction of sp³-hybridized carbons (Fsp3) is 0.167. The first-order valence-electron chi connectivity index (χ1n) is 5.52. The lowest BCUT2D eigenvalue weighted by atomic mass is 10.3. The third-order valence-electron chi connectivity index (χ3n) is 2.48. The van der Waals surface area contributed by atoms with Gasteiger partial charge in [-0.3, -0.25) is 4.72 Å². The average Bonchev–Trinajstić information content (AvgIpc) is 2.91. The third-order valence-corrected chi connectivity index (χ3v) is 5.73. The fourth-order valence-electron chi connectivity index (χ4n) is 1.49. The van der Waals surface area contributed by atoms with E-state index < -0.39 is 10.0 Å². The maximum atomic E-state index is 12.2. The summed E-state index contributed by atoms with van der Waals surface area (Å²) >= 11 is 6.96. The third kappa shape index (κ3) is 3.24. The van der Waals surface area contributed by atoms with E-state index in [4.69, 9.17) is 21.4 Å². The van der Waals surface area contributed by atoms with Gasteiger partial charge in [-0.2, -0.15) is 0 Å². The summed E-state index contributed by atoms with van der Waals surface area (Å²) in [5.74, 6) is 0.495. The van der Waals surface area contributed by atoms with Crippen molar-refractivity contribution in [2.24, 2.45) is 0 Å². The highest BCUT2D eigenvalue weighted by Gasteiger charge is 2.18. The maximum Gasteiger partial charge on any atom is 0.271 e. The topological polar surface area (TPSA) is 75.6 Å². The van der Waals surface area contributed by atoms with Gasteiger partial charge < -0.3 is 9.84 Å². The number of nitrogens with one attached hydrogen (secondary N) is 1. The SMILES string of the molecule is COc1ccc(Cl)c(NS(=O)(=O)c2ccc(CO)s2)c1. The molecule has 0 saturated carbocycles. The minimum atomic E-state index is -3.73. The Balaban J connectivity index is 2.32. The molecule has 0 radical (unpaired) electrons. The van der Waals surface area contributed by atoms with Crippen LogP contribution in [0.1, 0.15) is 4.88 Å². The van der Waals surface area contributed by atoms with E-state index in [-0.39, 0.29) is 21.5 Å². The predicted octanol–water partition coefficient (Wildman–Crippen LogP) is 2.70. The van der Waals surface area contributed by atoms with E-state index >= 15 is 0 Å². The number of rotatable bonds is 5. The highest BCUT2D eigenvalue weighted by Crippen LogP contribution is 2.30. The van der Waals surface area contributed by atoms with Crippen LogP contribution in [0.15, 0.2) is 34.5 Å². The normalized spacial score (nSPS) is 11.3. The summed E-state index contributed by atoms with van der Waals surface area (Å²) in [6.45, 7) is -0.194. The summed E-state index contributed by atoms with van der Waals surface area (Å²) in [5.41, 5.74) is 0.241. The number of anilines is 1. The Labute approximate surface area is 125 Å². The minimum absolute atomic E-state index is 0.112. The van der Waals surface area contributed by atoms with Gasteiger partial charge in [0, 0.05) is 10.9 Å². The molecule has 0 aliphatic heterocycles. The quantitative estimate of drug-likeness (QED) is 0.882. The molecule has 108 valence electrons. The molecule has 2 N–H and O–H groups in total. The Morgan fingerprint density at radius 1 is 1.35 bits per heavy atom. The molecule has 2 aromatic rings. The monoisotopic (exact) mass is 333 g/mol. The lowest BCUT2D eigenvalue weighted by molar-refractivity contribution is 0.285. The minimum Gasteiger partial charge on any atom is -0.497 e. The van der Waals surface area contributed by atoms with Gasteiger partial charge in [0.15, 0.2) is 0 Å². The van der Waals surface area contributed by atoms with Crippen LogP contribution in [0, 0.1) is 0 Å². The summed E-state index contributed by atoms with van der Waals surface area (Å²) in [7, 11) is -2.25. The van der Waals surface area contributed by atoms with Crippen LogP contribution in [-0.4, -0.2) is 20.6 Å². The van der Waals surface area contributed by atoms with Gasteiger partial charge in [0.1, 0.15) is 9.96 Å². The van der Waals surface area contributed by atoms with Crippen molar-refractivity contribution >= 4 is 38.6 Å². The van der Waals surface area contributed by atoms with Crippen LogP contribution in [0.5, 0.6) is 5.75 Å². The second-order valence-electron chi connectivity index (χ2n) is 3.83. The van der Waals surface area contributed by atoms with Crippen LogP contribution in [0.4, 0.5) is 5.69 Å². The fourth-order valence-corrected chi connectivity index (χ4v) is 4.00. The molecule has 0 spiro atoms. The number of benzene rings is 1. The van der Waals surface area contributed by atoms with Crippen molar-refractivity contribution in [2.75, 3.05) is 11.8 Å². The number of hydrogen-bond acceptors (Lipinski definition) is 5. The summed E-state index contributed by atoms with van der Waals surface area (Å²) in [6, 6.07) is 7.68. The van der Waals surface area contributed by atoms with Gasteiger partial charge in [-0.1, -0.05) is 11.6 Å². The van der Waals surface area contributed by atoms with E-state index in [0.717, 1.165) is 11.3 Å². The second-order valence-corrected chi connectivity index (χ2v) is 7.31. The Morgan fingerprint density at radius 2 is 2.10 bits per heavy atom. The van der Waals surface area contributed by atoms with Crippen molar-refractivity contribution < 1.29 is 18.3 Å². The number of ether oxygens (including phenoxy) is 1. The molecular formula is C12H12ClNO4S2. The van der Waals surface area contributed by atoms with E-state index in [0.29, 0.717) is 10.6 Å². The van der Waals surface area contributed by atoms with E-state index in [1.54, 1.807) is 18.2 Å². The lowest BCUT2D eigenvalue weighted by Crippen LogP contribution is -2.11. The zero-order chi connectivity index (χ0) is 14.8. The molecule has 0 aliphatic carbocycles. The number of aliphatic hydroxyl groups excluding tert-OH is 1. The van der Waals surface area contributed by atoms with E-state index in [9.17, 15) is 8.42 Å². The Bertz CT molecular complexity index is 712. The molecule has 1 aromatic heterocycles. The smallest absolute Gasteiger partial charge is 0.271 e. The van der Waals surface area contributed by atoms with Gasteiger partial charge >= 0.3 is 0 Å². The van der Waals surface area contributed by atoms with Gasteiger partial charge in [-0.25, -0.2) is 8.42 Å². The standard InChI is InChI=1S/C12H12ClNO4S2/c1-18-8-2-4-10(13)11(6-8)14-20(16,17)12-5-3-9(7-15)19-12/h2-6,14-15H,7H2,1H3. The van der Waals surface area contributed by atoms with E-state index in [1.165, 1.54) is 19.2 Å². The average molecular weight is 334 g/mol. The molecule has 0 saturated heterocycles. The molecule has 0 fully saturated rings. The van der Waals surface area contributed by atoms with Gasteiger partial charge in [0.05, 0.1) is 24.4 Å². The number of methoxy groups -OCH3 is 1. The molecule has 1 heterocycles. The Kier molecular flexibility index (Phi) is 4.54. The molecule has 0 bridgehead atoms. The van der Waals surface area contributed by atoms with Crippen LogP contribution in [0.25, 0.3) is 0 Å². The van der Waals surface area contributed by atoms with Crippen molar-refractivity contribution in [3.8, 4) is 5.75 Å². The number of aliphatic hydroxyl groups is 1. The predicted molar refractivity (Wildman–Crippen MR) is 79.1 cm³/mol. The van der Waals surface area contributed by atoms with E-state index in [2.05, 4.69) is 4.72 Å². The summed E-state index contributed by atoms with van der Waals surface area (Å²) in [4.78, 5) is 0.571. The second kappa shape index (κ2) is 6.01. The number of halogens is 1. The first-order chi connectivity index (χ1) is 9.46. The molecule has 0 unspecified atom stereocenters. The van der Waals surface area contributed by atoms with Crippen LogP contribution in [0.2, 0.25) is 5.02 Å². The molecular weight excluding hydrogens is 322 g/mol. The van der Waals surface area contributed by atoms with Crippen LogP contribution >= 0.6 is 22.9 Å². The number of sulfonamides is 1. The number of hydrogen-bond donors (Lipinski definition) is 2. The highest BCUT2D eigenvalue weighted by atomic mass is 35.5. The molecule has 5 nitrogen and oxygen atoms in total. The Morgan fingerprint density at radius 3 is 2.70 bits per heavy atom. The molecule has 0 atom stereocenters. The van der Waals surface area contributed by atoms with Crippen molar-refractivity contribution in [1.82, 2.24) is 0 Å². The lowest BCUT2D eigenvalue weighted by Gasteiger charge is -2.09. The first-order valence-corrected chi connectivity index (χ1v) is 8.20. The maximum absolute atomic E-state index is 12.2. The van der Waals surface area contributed by atoms with Crippen LogP contribution in [0.3, 0.4) is 0 Å². The summed E-state index contributed by atoms with van der Waals surface area (Å²) in [6.07, 6.45) is 0. The van der Waals surface area contributed by atoms with Crippen molar-refractivity contribution in [1.29, 1.82) is 0 Å². The summed E-state index contributed by atoms with van der Waals surface area (Å²) < 4.78 is 31.9. The zero-order valence-corrected chi connectivity index (χ0v) is 12.8.